The first kappa shape index (κ1) is 11.6. The number of thioether (sulfide) groups is 1. The van der Waals surface area contributed by atoms with Crippen LogP contribution in [-0.2, 0) is 4.79 Å². The summed E-state index contributed by atoms with van der Waals surface area (Å²) < 4.78 is 0. The summed E-state index contributed by atoms with van der Waals surface area (Å²) in [6, 6.07) is 3.81. The van der Waals surface area contributed by atoms with E-state index in [1.54, 1.807) is 12.4 Å². The standard InChI is InChI=1S/C12H11N3OS/c1-8(16)10(6-13)12-15-7-11(17-12)9-2-4-14-5-3-9/h2-7,13,15H,1H3/b12-10-,13-6?. The molecule has 5 heteroatoms. The van der Waals surface area contributed by atoms with Gasteiger partial charge in [0.1, 0.15) is 0 Å². The van der Waals surface area contributed by atoms with E-state index in [9.17, 15) is 4.79 Å². The SMILES string of the molecule is CC(=O)/C(C=N)=C1/NC=C(c2ccncc2)S1. The maximum Gasteiger partial charge on any atom is 0.163 e. The van der Waals surface area contributed by atoms with Crippen molar-refractivity contribution in [3.05, 3.63) is 46.9 Å². The topological polar surface area (TPSA) is 65.8 Å². The highest BCUT2D eigenvalue weighted by atomic mass is 32.2. The summed E-state index contributed by atoms with van der Waals surface area (Å²) in [5, 5.41) is 11.0. The molecule has 0 bridgehead atoms. The second-order valence-electron chi connectivity index (χ2n) is 3.43. The number of pyridine rings is 1. The molecule has 0 radical (unpaired) electrons. The van der Waals surface area contributed by atoms with Gasteiger partial charge >= 0.3 is 0 Å². The van der Waals surface area contributed by atoms with Crippen LogP contribution in [0.4, 0.5) is 0 Å². The van der Waals surface area contributed by atoms with Crippen molar-refractivity contribution in [2.45, 2.75) is 6.92 Å². The van der Waals surface area contributed by atoms with Crippen LogP contribution in [0.1, 0.15) is 12.5 Å². The van der Waals surface area contributed by atoms with Crippen molar-refractivity contribution in [3.8, 4) is 0 Å². The molecule has 2 N–H and O–H groups in total. The van der Waals surface area contributed by atoms with Crippen molar-refractivity contribution in [3.63, 3.8) is 0 Å². The van der Waals surface area contributed by atoms with Gasteiger partial charge in [0.05, 0.1) is 10.6 Å². The molecule has 0 spiro atoms. The normalized spacial score (nSPS) is 17.1. The summed E-state index contributed by atoms with van der Waals surface area (Å²) in [4.78, 5) is 16.3. The van der Waals surface area contributed by atoms with Crippen molar-refractivity contribution in [2.75, 3.05) is 0 Å². The Labute approximate surface area is 103 Å². The molecule has 0 atom stereocenters. The maximum atomic E-state index is 11.3. The van der Waals surface area contributed by atoms with E-state index in [0.29, 0.717) is 10.6 Å². The van der Waals surface area contributed by atoms with Crippen LogP contribution in [0.25, 0.3) is 4.91 Å². The Morgan fingerprint density at radius 1 is 1.47 bits per heavy atom. The molecule has 17 heavy (non-hydrogen) atoms. The van der Waals surface area contributed by atoms with Gasteiger partial charge in [-0.15, -0.1) is 0 Å². The number of nitrogens with zero attached hydrogens (tertiary/aromatic N) is 1. The fourth-order valence-electron chi connectivity index (χ4n) is 1.42. The van der Waals surface area contributed by atoms with Crippen LogP contribution in [-0.4, -0.2) is 17.0 Å². The van der Waals surface area contributed by atoms with Gasteiger partial charge in [-0.05, 0) is 24.6 Å². The van der Waals surface area contributed by atoms with Crippen molar-refractivity contribution < 1.29 is 4.79 Å². The molecule has 0 amide bonds. The molecular weight excluding hydrogens is 234 g/mol. The first-order valence-electron chi connectivity index (χ1n) is 5.03. The van der Waals surface area contributed by atoms with Gasteiger partial charge in [0.15, 0.2) is 5.78 Å². The molecule has 0 saturated heterocycles. The van der Waals surface area contributed by atoms with Crippen LogP contribution in [0.2, 0.25) is 0 Å². The lowest BCUT2D eigenvalue weighted by Gasteiger charge is -2.03. The zero-order valence-electron chi connectivity index (χ0n) is 9.23. The van der Waals surface area contributed by atoms with E-state index in [1.165, 1.54) is 18.7 Å². The second-order valence-corrected chi connectivity index (χ2v) is 4.49. The molecule has 0 saturated carbocycles. The van der Waals surface area contributed by atoms with Crippen LogP contribution in [0.5, 0.6) is 0 Å². The first-order chi connectivity index (χ1) is 8.22. The first-order valence-corrected chi connectivity index (χ1v) is 5.84. The highest BCUT2D eigenvalue weighted by molar-refractivity contribution is 8.12. The van der Waals surface area contributed by atoms with E-state index in [2.05, 4.69) is 10.3 Å². The van der Waals surface area contributed by atoms with Gasteiger partial charge in [0, 0.05) is 29.7 Å². The maximum absolute atomic E-state index is 11.3. The third-order valence-corrected chi connectivity index (χ3v) is 3.39. The average Bonchev–Trinajstić information content (AvgIpc) is 2.80. The van der Waals surface area contributed by atoms with Gasteiger partial charge in [0.2, 0.25) is 0 Å². The smallest absolute Gasteiger partial charge is 0.163 e. The number of Topliss-reactive ketones (excluding diaryl/α,β-unsaturated/α-hetero) is 1. The molecule has 0 aromatic carbocycles. The number of ketones is 1. The number of allylic oxidation sites excluding steroid dienone is 1. The fraction of sp³-hybridized carbons (Fsp3) is 0.0833. The summed E-state index contributed by atoms with van der Waals surface area (Å²) in [6.45, 7) is 1.46. The quantitative estimate of drug-likeness (QED) is 0.632. The highest BCUT2D eigenvalue weighted by Gasteiger charge is 2.17. The number of hydrogen-bond donors (Lipinski definition) is 2. The van der Waals surface area contributed by atoms with E-state index in [4.69, 9.17) is 5.41 Å². The van der Waals surface area contributed by atoms with Crippen LogP contribution in [0.15, 0.2) is 41.3 Å². The van der Waals surface area contributed by atoms with E-state index in [1.807, 2.05) is 18.3 Å². The number of hydrogen-bond acceptors (Lipinski definition) is 5. The lowest BCUT2D eigenvalue weighted by atomic mass is 10.2. The number of aromatic nitrogens is 1. The molecule has 0 fully saturated rings. The van der Waals surface area contributed by atoms with Gasteiger partial charge < -0.3 is 10.7 Å². The highest BCUT2D eigenvalue weighted by Crippen LogP contribution is 2.37. The predicted octanol–water partition coefficient (Wildman–Crippen LogP) is 2.17. The molecule has 1 aliphatic heterocycles. The van der Waals surface area contributed by atoms with E-state index < -0.39 is 0 Å². The zero-order valence-corrected chi connectivity index (χ0v) is 10.0. The van der Waals surface area contributed by atoms with Crippen molar-refractivity contribution in [1.29, 1.82) is 5.41 Å². The van der Waals surface area contributed by atoms with E-state index in [0.717, 1.165) is 16.7 Å². The fourth-order valence-corrected chi connectivity index (χ4v) is 2.44. The molecule has 1 aromatic rings. The van der Waals surface area contributed by atoms with Gasteiger partial charge in [-0.1, -0.05) is 11.8 Å². The Bertz CT molecular complexity index is 520. The van der Waals surface area contributed by atoms with Crippen LogP contribution in [0, 0.1) is 5.41 Å². The third kappa shape index (κ3) is 2.45. The minimum Gasteiger partial charge on any atom is -0.354 e. The van der Waals surface area contributed by atoms with Gasteiger partial charge in [-0.2, -0.15) is 0 Å². The van der Waals surface area contributed by atoms with E-state index in [-0.39, 0.29) is 5.78 Å². The van der Waals surface area contributed by atoms with Gasteiger partial charge in [0.25, 0.3) is 0 Å². The Balaban J connectivity index is 2.25. The average molecular weight is 245 g/mol. The summed E-state index contributed by atoms with van der Waals surface area (Å²) in [5.41, 5.74) is 1.44. The molecule has 2 heterocycles. The molecule has 1 aromatic heterocycles. The molecule has 86 valence electrons. The predicted molar refractivity (Wildman–Crippen MR) is 69.4 cm³/mol. The van der Waals surface area contributed by atoms with Crippen LogP contribution >= 0.6 is 11.8 Å². The van der Waals surface area contributed by atoms with Crippen LogP contribution < -0.4 is 5.32 Å². The summed E-state index contributed by atoms with van der Waals surface area (Å²) in [7, 11) is 0. The summed E-state index contributed by atoms with van der Waals surface area (Å²) >= 11 is 1.45. The number of nitrogens with one attached hydrogen (secondary N) is 2. The Morgan fingerprint density at radius 2 is 2.18 bits per heavy atom. The molecule has 0 aliphatic carbocycles. The third-order valence-electron chi connectivity index (χ3n) is 2.28. The largest absolute Gasteiger partial charge is 0.354 e. The van der Waals surface area contributed by atoms with Gasteiger partial charge in [-0.25, -0.2) is 0 Å². The minimum atomic E-state index is -0.112. The lowest BCUT2D eigenvalue weighted by Crippen LogP contribution is -2.07. The van der Waals surface area contributed by atoms with Crippen molar-refractivity contribution >= 4 is 28.7 Å². The summed E-state index contributed by atoms with van der Waals surface area (Å²) in [6.07, 6.45) is 6.37. The number of carbonyl (C=O) groups is 1. The minimum absolute atomic E-state index is 0.112. The molecule has 1 aliphatic rings. The Kier molecular flexibility index (Phi) is 3.39. The number of rotatable bonds is 3. The second kappa shape index (κ2) is 4.97. The molecular formula is C12H11N3OS. The van der Waals surface area contributed by atoms with Crippen molar-refractivity contribution in [1.82, 2.24) is 10.3 Å². The Hall–Kier alpha value is -1.88. The zero-order chi connectivity index (χ0) is 12.3. The van der Waals surface area contributed by atoms with Crippen LogP contribution in [0.3, 0.4) is 0 Å². The van der Waals surface area contributed by atoms with E-state index >= 15 is 0 Å². The number of carbonyl (C=O) groups excluding carboxylic acids is 1. The molecule has 2 rings (SSSR count). The molecule has 4 nitrogen and oxygen atoms in total. The monoisotopic (exact) mass is 245 g/mol. The van der Waals surface area contributed by atoms with Crippen molar-refractivity contribution in [2.24, 2.45) is 0 Å². The lowest BCUT2D eigenvalue weighted by molar-refractivity contribution is -0.113. The van der Waals surface area contributed by atoms with Gasteiger partial charge in [-0.3, -0.25) is 9.78 Å². The molecule has 0 unspecified atom stereocenters. The summed E-state index contributed by atoms with van der Waals surface area (Å²) in [5.74, 6) is -0.112. The Morgan fingerprint density at radius 3 is 2.76 bits per heavy atom.